The summed E-state index contributed by atoms with van der Waals surface area (Å²) < 4.78 is 16.2. The Hall–Kier alpha value is -1.26. The van der Waals surface area contributed by atoms with Crippen molar-refractivity contribution in [1.82, 2.24) is 15.5 Å². The number of ether oxygens (including phenoxy) is 3. The highest BCUT2D eigenvalue weighted by atomic mass is 127. The molecule has 1 unspecified atom stereocenters. The van der Waals surface area contributed by atoms with Crippen LogP contribution in [-0.4, -0.2) is 63.6 Å². The van der Waals surface area contributed by atoms with E-state index in [9.17, 15) is 0 Å². The van der Waals surface area contributed by atoms with Crippen molar-refractivity contribution in [2.75, 3.05) is 52.7 Å². The van der Waals surface area contributed by atoms with E-state index in [1.54, 1.807) is 0 Å². The second-order valence-corrected chi connectivity index (χ2v) is 6.78. The van der Waals surface area contributed by atoms with Crippen LogP contribution < -0.4 is 20.1 Å². The minimum Gasteiger partial charge on any atom is -0.454 e. The fraction of sp³-hybridized carbons (Fsp3) is 0.632. The van der Waals surface area contributed by atoms with Gasteiger partial charge in [-0.05, 0) is 30.5 Å². The fourth-order valence-electron chi connectivity index (χ4n) is 3.11. The molecule has 1 aromatic carbocycles. The Labute approximate surface area is 178 Å². The number of guanidine groups is 1. The Bertz CT molecular complexity index is 609. The number of hydrogen-bond donors (Lipinski definition) is 2. The Morgan fingerprint density at radius 2 is 1.96 bits per heavy atom. The molecule has 1 aromatic rings. The molecule has 0 amide bonds. The number of hydrogen-bond acceptors (Lipinski definition) is 5. The molecule has 0 aromatic heterocycles. The van der Waals surface area contributed by atoms with Crippen LogP contribution in [0.4, 0.5) is 0 Å². The predicted molar refractivity (Wildman–Crippen MR) is 117 cm³/mol. The number of rotatable bonds is 7. The van der Waals surface area contributed by atoms with Gasteiger partial charge in [0.25, 0.3) is 0 Å². The molecule has 0 radical (unpaired) electrons. The zero-order valence-electron chi connectivity index (χ0n) is 16.2. The molecule has 3 rings (SSSR count). The Morgan fingerprint density at radius 1 is 1.19 bits per heavy atom. The van der Waals surface area contributed by atoms with Crippen LogP contribution in [0.3, 0.4) is 0 Å². The van der Waals surface area contributed by atoms with E-state index < -0.39 is 0 Å². The van der Waals surface area contributed by atoms with E-state index in [0.717, 1.165) is 69.0 Å². The normalized spacial score (nSPS) is 17.9. The van der Waals surface area contributed by atoms with Gasteiger partial charge in [-0.3, -0.25) is 4.90 Å². The highest BCUT2D eigenvalue weighted by Crippen LogP contribution is 2.32. The second kappa shape index (κ2) is 11.6. The second-order valence-electron chi connectivity index (χ2n) is 6.78. The summed E-state index contributed by atoms with van der Waals surface area (Å²) in [6.45, 7) is 11.8. The maximum Gasteiger partial charge on any atom is 0.231 e. The van der Waals surface area contributed by atoms with Crippen molar-refractivity contribution in [3.63, 3.8) is 0 Å². The maximum atomic E-state index is 5.43. The lowest BCUT2D eigenvalue weighted by atomic mass is 10.1. The Kier molecular flexibility index (Phi) is 9.43. The van der Waals surface area contributed by atoms with Crippen molar-refractivity contribution in [2.45, 2.75) is 20.4 Å². The molecular formula is C19H31IN4O3. The number of benzene rings is 1. The van der Waals surface area contributed by atoms with E-state index in [-0.39, 0.29) is 24.0 Å². The lowest BCUT2D eigenvalue weighted by Gasteiger charge is -2.29. The third kappa shape index (κ3) is 7.00. The molecular weight excluding hydrogens is 459 g/mol. The summed E-state index contributed by atoms with van der Waals surface area (Å²) in [4.78, 5) is 7.16. The van der Waals surface area contributed by atoms with Gasteiger partial charge in [0, 0.05) is 32.7 Å². The zero-order valence-corrected chi connectivity index (χ0v) is 18.5. The van der Waals surface area contributed by atoms with Gasteiger partial charge in [-0.2, -0.15) is 0 Å². The number of aliphatic imine (C=N–C) groups is 1. The van der Waals surface area contributed by atoms with E-state index in [1.165, 1.54) is 0 Å². The van der Waals surface area contributed by atoms with E-state index in [1.807, 2.05) is 18.2 Å². The van der Waals surface area contributed by atoms with Crippen molar-refractivity contribution >= 4 is 29.9 Å². The lowest BCUT2D eigenvalue weighted by Crippen LogP contribution is -2.44. The number of morpholine rings is 1. The number of nitrogens with zero attached hydrogens (tertiary/aromatic N) is 2. The lowest BCUT2D eigenvalue weighted by molar-refractivity contribution is 0.0320. The summed E-state index contributed by atoms with van der Waals surface area (Å²) in [6, 6.07) is 5.97. The number of fused-ring (bicyclic) bond motifs is 1. The molecule has 8 heteroatoms. The summed E-state index contributed by atoms with van der Waals surface area (Å²) in [6.07, 6.45) is 0. The zero-order chi connectivity index (χ0) is 18.2. The molecule has 152 valence electrons. The molecule has 1 atom stereocenters. The average molecular weight is 490 g/mol. The van der Waals surface area contributed by atoms with Crippen LogP contribution in [0.15, 0.2) is 23.2 Å². The van der Waals surface area contributed by atoms with Crippen LogP contribution in [0.2, 0.25) is 0 Å². The van der Waals surface area contributed by atoms with Crippen LogP contribution >= 0.6 is 24.0 Å². The van der Waals surface area contributed by atoms with Crippen molar-refractivity contribution in [1.29, 1.82) is 0 Å². The molecule has 2 aliphatic rings. The van der Waals surface area contributed by atoms with Gasteiger partial charge in [-0.25, -0.2) is 4.99 Å². The van der Waals surface area contributed by atoms with Crippen molar-refractivity contribution < 1.29 is 14.2 Å². The molecule has 2 aliphatic heterocycles. The summed E-state index contributed by atoms with van der Waals surface area (Å²) in [5.41, 5.74) is 1.10. The summed E-state index contributed by atoms with van der Waals surface area (Å²) in [5.74, 6) is 3.00. The first-order valence-electron chi connectivity index (χ1n) is 9.45. The van der Waals surface area contributed by atoms with Gasteiger partial charge in [-0.1, -0.05) is 13.0 Å². The van der Waals surface area contributed by atoms with Crippen molar-refractivity contribution in [3.8, 4) is 11.5 Å². The largest absolute Gasteiger partial charge is 0.454 e. The predicted octanol–water partition coefficient (Wildman–Crippen LogP) is 2.06. The van der Waals surface area contributed by atoms with Crippen molar-refractivity contribution in [3.05, 3.63) is 23.8 Å². The molecule has 2 N–H and O–H groups in total. The van der Waals surface area contributed by atoms with Gasteiger partial charge >= 0.3 is 0 Å². The molecule has 0 saturated carbocycles. The molecule has 7 nitrogen and oxygen atoms in total. The summed E-state index contributed by atoms with van der Waals surface area (Å²) >= 11 is 0. The minimum absolute atomic E-state index is 0. The van der Waals surface area contributed by atoms with Crippen LogP contribution in [0.25, 0.3) is 0 Å². The highest BCUT2D eigenvalue weighted by molar-refractivity contribution is 14.0. The quantitative estimate of drug-likeness (QED) is 0.347. The molecule has 0 spiro atoms. The van der Waals surface area contributed by atoms with E-state index in [2.05, 4.69) is 29.4 Å². The monoisotopic (exact) mass is 490 g/mol. The molecule has 27 heavy (non-hydrogen) atoms. The first-order chi connectivity index (χ1) is 12.7. The molecule has 0 bridgehead atoms. The van der Waals surface area contributed by atoms with Crippen LogP contribution in [0.1, 0.15) is 19.4 Å². The van der Waals surface area contributed by atoms with Gasteiger partial charge < -0.3 is 24.8 Å². The van der Waals surface area contributed by atoms with Crippen LogP contribution in [0.5, 0.6) is 11.5 Å². The van der Waals surface area contributed by atoms with E-state index in [0.29, 0.717) is 19.3 Å². The van der Waals surface area contributed by atoms with E-state index >= 15 is 0 Å². The number of halogens is 1. The van der Waals surface area contributed by atoms with Gasteiger partial charge in [0.15, 0.2) is 17.5 Å². The Balaban J connectivity index is 0.00000261. The topological polar surface area (TPSA) is 67.4 Å². The first-order valence-corrected chi connectivity index (χ1v) is 9.45. The van der Waals surface area contributed by atoms with Gasteiger partial charge in [-0.15, -0.1) is 24.0 Å². The van der Waals surface area contributed by atoms with Crippen LogP contribution in [0, 0.1) is 5.92 Å². The molecule has 0 aliphatic carbocycles. The summed E-state index contributed by atoms with van der Waals surface area (Å²) in [5, 5.41) is 6.77. The highest BCUT2D eigenvalue weighted by Gasteiger charge is 2.15. The SMILES string of the molecule is CCNC(=NCc1ccc2c(c1)OCO2)NCC(C)CN1CCOCC1.I. The first kappa shape index (κ1) is 22.0. The number of nitrogens with one attached hydrogen (secondary N) is 2. The van der Waals surface area contributed by atoms with Gasteiger partial charge in [0.2, 0.25) is 6.79 Å². The standard InChI is InChI=1S/C19H30N4O3.HI/c1-3-20-19(21-11-15(2)13-23-6-8-24-9-7-23)22-12-16-4-5-17-18(10-16)26-14-25-17;/h4-5,10,15H,3,6-9,11-14H2,1-2H3,(H2,20,21,22);1H. The third-order valence-electron chi connectivity index (χ3n) is 4.49. The van der Waals surface area contributed by atoms with Gasteiger partial charge in [0.1, 0.15) is 0 Å². The minimum atomic E-state index is 0. The molecule has 2 heterocycles. The van der Waals surface area contributed by atoms with Crippen LogP contribution in [-0.2, 0) is 11.3 Å². The van der Waals surface area contributed by atoms with E-state index in [4.69, 9.17) is 19.2 Å². The third-order valence-corrected chi connectivity index (χ3v) is 4.49. The average Bonchev–Trinajstić information content (AvgIpc) is 3.12. The smallest absolute Gasteiger partial charge is 0.231 e. The summed E-state index contributed by atoms with van der Waals surface area (Å²) in [7, 11) is 0. The fourth-order valence-corrected chi connectivity index (χ4v) is 3.11. The molecule has 1 saturated heterocycles. The van der Waals surface area contributed by atoms with Crippen molar-refractivity contribution in [2.24, 2.45) is 10.9 Å². The maximum absolute atomic E-state index is 5.43. The Morgan fingerprint density at radius 3 is 2.74 bits per heavy atom. The molecule has 1 fully saturated rings. The van der Waals surface area contributed by atoms with Gasteiger partial charge in [0.05, 0.1) is 19.8 Å².